The zero-order chi connectivity index (χ0) is 14.8. The van der Waals surface area contributed by atoms with Crippen LogP contribution in [0.15, 0.2) is 22.7 Å². The van der Waals surface area contributed by atoms with Gasteiger partial charge in [0.25, 0.3) is 5.69 Å². The number of aryl methyl sites for hydroxylation is 1. The Morgan fingerprint density at radius 2 is 2.14 bits per heavy atom. The lowest BCUT2D eigenvalue weighted by Crippen LogP contribution is -2.15. The molecule has 1 aromatic carbocycles. The number of nitro benzene ring substituents is 1. The zero-order valence-electron chi connectivity index (χ0n) is 11.7. The Hall–Kier alpha value is -2.44. The second-order valence-electron chi connectivity index (χ2n) is 5.25. The van der Waals surface area contributed by atoms with Crippen molar-refractivity contribution in [1.29, 1.82) is 0 Å². The average molecular weight is 288 g/mol. The highest BCUT2D eigenvalue weighted by atomic mass is 16.6. The SMILES string of the molecule is Cc1nc(-c2ccc(NC3CCCC3)c([N+](=O)[O-])c2)no1. The number of aromatic nitrogens is 2. The largest absolute Gasteiger partial charge is 0.377 e. The topological polar surface area (TPSA) is 94.1 Å². The number of nitro groups is 1. The van der Waals surface area contributed by atoms with Crippen LogP contribution in [0, 0.1) is 17.0 Å². The van der Waals surface area contributed by atoms with Gasteiger partial charge in [0.2, 0.25) is 11.7 Å². The third-order valence-corrected chi connectivity index (χ3v) is 3.69. The summed E-state index contributed by atoms with van der Waals surface area (Å²) in [5.41, 5.74) is 1.17. The molecule has 21 heavy (non-hydrogen) atoms. The number of nitrogens with zero attached hydrogens (tertiary/aromatic N) is 3. The zero-order valence-corrected chi connectivity index (χ0v) is 11.7. The Kier molecular flexibility index (Phi) is 3.55. The van der Waals surface area contributed by atoms with Crippen molar-refractivity contribution in [3.8, 4) is 11.4 Å². The van der Waals surface area contributed by atoms with Crippen molar-refractivity contribution in [1.82, 2.24) is 10.1 Å². The van der Waals surface area contributed by atoms with Crippen molar-refractivity contribution in [2.45, 2.75) is 38.6 Å². The van der Waals surface area contributed by atoms with Crippen LogP contribution in [0.3, 0.4) is 0 Å². The highest BCUT2D eigenvalue weighted by Gasteiger charge is 2.21. The molecule has 2 aromatic rings. The van der Waals surface area contributed by atoms with Crippen LogP contribution in [-0.4, -0.2) is 21.1 Å². The molecule has 3 rings (SSSR count). The van der Waals surface area contributed by atoms with Gasteiger partial charge in [0.15, 0.2) is 0 Å². The Bertz CT molecular complexity index is 662. The fourth-order valence-electron chi connectivity index (χ4n) is 2.65. The Labute approximate surface area is 121 Å². The highest BCUT2D eigenvalue weighted by molar-refractivity contribution is 5.70. The minimum absolute atomic E-state index is 0.0434. The summed E-state index contributed by atoms with van der Waals surface area (Å²) in [5.74, 6) is 0.795. The van der Waals surface area contributed by atoms with Crippen LogP contribution in [0.4, 0.5) is 11.4 Å². The van der Waals surface area contributed by atoms with Gasteiger partial charge in [0, 0.05) is 24.6 Å². The molecule has 1 aromatic heterocycles. The van der Waals surface area contributed by atoms with E-state index in [0.29, 0.717) is 29.0 Å². The van der Waals surface area contributed by atoms with Crippen LogP contribution >= 0.6 is 0 Å². The molecular formula is C14H16N4O3. The summed E-state index contributed by atoms with van der Waals surface area (Å²) in [6.07, 6.45) is 4.46. The molecule has 7 nitrogen and oxygen atoms in total. The van der Waals surface area contributed by atoms with Crippen LogP contribution in [0.2, 0.25) is 0 Å². The maximum Gasteiger partial charge on any atom is 0.293 e. The van der Waals surface area contributed by atoms with Crippen molar-refractivity contribution in [2.24, 2.45) is 0 Å². The fraction of sp³-hybridized carbons (Fsp3) is 0.429. The van der Waals surface area contributed by atoms with Gasteiger partial charge in [-0.05, 0) is 25.0 Å². The quantitative estimate of drug-likeness (QED) is 0.685. The smallest absolute Gasteiger partial charge is 0.293 e. The molecule has 110 valence electrons. The van der Waals surface area contributed by atoms with E-state index in [1.807, 2.05) is 0 Å². The normalized spacial score (nSPS) is 15.3. The number of hydrogen-bond acceptors (Lipinski definition) is 6. The molecule has 0 amide bonds. The molecule has 0 spiro atoms. The predicted molar refractivity (Wildman–Crippen MR) is 77.0 cm³/mol. The second kappa shape index (κ2) is 5.51. The Morgan fingerprint density at radius 3 is 2.76 bits per heavy atom. The molecule has 7 heteroatoms. The van der Waals surface area contributed by atoms with Gasteiger partial charge in [0.1, 0.15) is 5.69 Å². The van der Waals surface area contributed by atoms with Gasteiger partial charge in [-0.15, -0.1) is 0 Å². The third kappa shape index (κ3) is 2.86. The molecule has 0 bridgehead atoms. The molecule has 0 unspecified atom stereocenters. The Morgan fingerprint density at radius 1 is 1.38 bits per heavy atom. The van der Waals surface area contributed by atoms with Crippen LogP contribution in [-0.2, 0) is 0 Å². The molecule has 0 atom stereocenters. The van der Waals surface area contributed by atoms with Crippen LogP contribution in [0.1, 0.15) is 31.6 Å². The predicted octanol–water partition coefficient (Wildman–Crippen LogP) is 3.31. The first-order valence-corrected chi connectivity index (χ1v) is 6.99. The molecule has 1 saturated carbocycles. The molecule has 0 radical (unpaired) electrons. The summed E-state index contributed by atoms with van der Waals surface area (Å²) in [7, 11) is 0. The minimum atomic E-state index is -0.381. The van der Waals surface area contributed by atoms with E-state index in [-0.39, 0.29) is 10.6 Å². The summed E-state index contributed by atoms with van der Waals surface area (Å²) < 4.78 is 4.91. The van der Waals surface area contributed by atoms with Crippen molar-refractivity contribution >= 4 is 11.4 Å². The third-order valence-electron chi connectivity index (χ3n) is 3.69. The van der Waals surface area contributed by atoms with Gasteiger partial charge in [0.05, 0.1) is 4.92 Å². The van der Waals surface area contributed by atoms with E-state index in [4.69, 9.17) is 4.52 Å². The van der Waals surface area contributed by atoms with Crippen LogP contribution in [0.5, 0.6) is 0 Å². The van der Waals surface area contributed by atoms with Gasteiger partial charge < -0.3 is 9.84 Å². The Balaban J connectivity index is 1.92. The summed E-state index contributed by atoms with van der Waals surface area (Å²) in [5, 5.41) is 18.3. The van der Waals surface area contributed by atoms with Crippen LogP contribution in [0.25, 0.3) is 11.4 Å². The lowest BCUT2D eigenvalue weighted by Gasteiger charge is -2.13. The highest BCUT2D eigenvalue weighted by Crippen LogP contribution is 2.32. The van der Waals surface area contributed by atoms with E-state index in [0.717, 1.165) is 12.8 Å². The first kappa shape index (κ1) is 13.5. The number of rotatable bonds is 4. The van der Waals surface area contributed by atoms with Crippen molar-refractivity contribution in [3.05, 3.63) is 34.2 Å². The van der Waals surface area contributed by atoms with Crippen LogP contribution < -0.4 is 5.32 Å². The first-order valence-electron chi connectivity index (χ1n) is 6.99. The molecule has 1 N–H and O–H groups in total. The van der Waals surface area contributed by atoms with Gasteiger partial charge in [-0.3, -0.25) is 10.1 Å². The number of anilines is 1. The van der Waals surface area contributed by atoms with E-state index in [1.54, 1.807) is 19.1 Å². The molecule has 1 heterocycles. The molecule has 1 aliphatic carbocycles. The van der Waals surface area contributed by atoms with E-state index >= 15 is 0 Å². The number of nitrogens with one attached hydrogen (secondary N) is 1. The van der Waals surface area contributed by atoms with Crippen molar-refractivity contribution in [2.75, 3.05) is 5.32 Å². The van der Waals surface area contributed by atoms with E-state index in [2.05, 4.69) is 15.5 Å². The van der Waals surface area contributed by atoms with Gasteiger partial charge in [-0.2, -0.15) is 4.98 Å². The summed E-state index contributed by atoms with van der Waals surface area (Å²) >= 11 is 0. The lowest BCUT2D eigenvalue weighted by molar-refractivity contribution is -0.383. The fourth-order valence-corrected chi connectivity index (χ4v) is 2.65. The van der Waals surface area contributed by atoms with E-state index < -0.39 is 0 Å². The summed E-state index contributed by atoms with van der Waals surface area (Å²) in [6.45, 7) is 1.68. The second-order valence-corrected chi connectivity index (χ2v) is 5.25. The summed E-state index contributed by atoms with van der Waals surface area (Å²) in [6, 6.07) is 5.30. The molecular weight excluding hydrogens is 272 g/mol. The average Bonchev–Trinajstić information content (AvgIpc) is 3.10. The number of benzene rings is 1. The molecule has 1 fully saturated rings. The molecule has 0 aliphatic heterocycles. The lowest BCUT2D eigenvalue weighted by atomic mass is 10.1. The maximum absolute atomic E-state index is 11.3. The van der Waals surface area contributed by atoms with Gasteiger partial charge >= 0.3 is 0 Å². The first-order chi connectivity index (χ1) is 10.1. The van der Waals surface area contributed by atoms with Crippen molar-refractivity contribution in [3.63, 3.8) is 0 Å². The number of hydrogen-bond donors (Lipinski definition) is 1. The monoisotopic (exact) mass is 288 g/mol. The molecule has 1 aliphatic rings. The minimum Gasteiger partial charge on any atom is -0.377 e. The molecule has 0 saturated heterocycles. The maximum atomic E-state index is 11.3. The van der Waals surface area contributed by atoms with Gasteiger partial charge in [-0.25, -0.2) is 0 Å². The van der Waals surface area contributed by atoms with E-state index in [9.17, 15) is 10.1 Å². The van der Waals surface area contributed by atoms with Crippen molar-refractivity contribution < 1.29 is 9.45 Å². The van der Waals surface area contributed by atoms with Gasteiger partial charge in [-0.1, -0.05) is 18.0 Å². The standard InChI is InChI=1S/C14H16N4O3/c1-9-15-14(17-21-9)10-6-7-12(13(8-10)18(19)20)16-11-4-2-3-5-11/h6-8,11,16H,2-5H2,1H3. The summed E-state index contributed by atoms with van der Waals surface area (Å²) in [4.78, 5) is 15.0. The van der Waals surface area contributed by atoms with E-state index in [1.165, 1.54) is 18.9 Å².